The Morgan fingerprint density at radius 3 is 2.30 bits per heavy atom. The zero-order chi connectivity index (χ0) is 18.8. The fourth-order valence-corrected chi connectivity index (χ4v) is 4.69. The second kappa shape index (κ2) is 5.53. The molecule has 0 N–H and O–H groups in total. The number of benzene rings is 2. The van der Waals surface area contributed by atoms with Gasteiger partial charge in [0.25, 0.3) is 5.91 Å². The fourth-order valence-electron chi connectivity index (χ4n) is 4.69. The lowest BCUT2D eigenvalue weighted by atomic mass is 9.70. The van der Waals surface area contributed by atoms with Crippen LogP contribution in [0.3, 0.4) is 0 Å². The van der Waals surface area contributed by atoms with Gasteiger partial charge in [0.15, 0.2) is 5.78 Å². The Bertz CT molecular complexity index is 1040. The van der Waals surface area contributed by atoms with Gasteiger partial charge in [0.1, 0.15) is 0 Å². The van der Waals surface area contributed by atoms with Crippen LogP contribution in [0, 0.1) is 5.41 Å². The molecule has 0 radical (unpaired) electrons. The van der Waals surface area contributed by atoms with Crippen molar-refractivity contribution >= 4 is 17.4 Å². The van der Waals surface area contributed by atoms with Gasteiger partial charge in [0.05, 0.1) is 5.70 Å². The summed E-state index contributed by atoms with van der Waals surface area (Å²) in [5.41, 5.74) is 5.25. The molecule has 0 saturated carbocycles. The van der Waals surface area contributed by atoms with Gasteiger partial charge in [-0.2, -0.15) is 0 Å². The molecule has 0 unspecified atom stereocenters. The topological polar surface area (TPSA) is 37.4 Å². The van der Waals surface area contributed by atoms with Gasteiger partial charge >= 0.3 is 0 Å². The second-order valence-corrected chi connectivity index (χ2v) is 8.43. The number of allylic oxidation sites excluding steroid dienone is 3. The van der Waals surface area contributed by atoms with Gasteiger partial charge in [-0.3, -0.25) is 14.5 Å². The molecular formula is C24H21NO2. The van der Waals surface area contributed by atoms with Gasteiger partial charge < -0.3 is 0 Å². The van der Waals surface area contributed by atoms with Crippen molar-refractivity contribution in [2.24, 2.45) is 5.41 Å². The first-order chi connectivity index (χ1) is 13.0. The van der Waals surface area contributed by atoms with Crippen LogP contribution >= 0.6 is 0 Å². The molecule has 2 aromatic carbocycles. The average Bonchev–Trinajstić information content (AvgIpc) is 2.94. The fraction of sp³-hybridized carbons (Fsp3) is 0.250. The van der Waals surface area contributed by atoms with Crippen molar-refractivity contribution < 1.29 is 9.59 Å². The maximum absolute atomic E-state index is 13.2. The van der Waals surface area contributed by atoms with Crippen LogP contribution in [0.15, 0.2) is 71.9 Å². The summed E-state index contributed by atoms with van der Waals surface area (Å²) in [5.74, 6) is 0.0468. The molecule has 1 aliphatic carbocycles. The molecule has 0 fully saturated rings. The van der Waals surface area contributed by atoms with Crippen molar-refractivity contribution in [3.05, 3.63) is 88.6 Å². The Morgan fingerprint density at radius 2 is 1.56 bits per heavy atom. The SMILES string of the molecule is CC1(C)CC(=O)C2=C(C1)N1C(=O)c3ccccc3C1=C[C@H]2c1ccccc1. The zero-order valence-corrected chi connectivity index (χ0v) is 15.5. The number of nitrogens with zero attached hydrogens (tertiary/aromatic N) is 1. The van der Waals surface area contributed by atoms with E-state index in [1.807, 2.05) is 42.5 Å². The van der Waals surface area contributed by atoms with E-state index in [1.54, 1.807) is 4.90 Å². The van der Waals surface area contributed by atoms with Crippen molar-refractivity contribution in [3.63, 3.8) is 0 Å². The van der Waals surface area contributed by atoms with Gasteiger partial charge in [-0.1, -0.05) is 62.4 Å². The molecule has 2 aromatic rings. The predicted molar refractivity (Wildman–Crippen MR) is 105 cm³/mol. The standard InChI is InChI=1S/C24H21NO2/c1-24(2)13-20-22(21(26)14-24)18(15-8-4-3-5-9-15)12-19-16-10-6-7-11-17(16)23(27)25(19)20/h3-12,18H,13-14H2,1-2H3/t18-/m0/s1. The minimum Gasteiger partial charge on any atom is -0.294 e. The Kier molecular flexibility index (Phi) is 3.33. The van der Waals surface area contributed by atoms with Gasteiger partial charge in [0.2, 0.25) is 0 Å². The number of fused-ring (bicyclic) bond motifs is 4. The van der Waals surface area contributed by atoms with Crippen molar-refractivity contribution in [2.75, 3.05) is 0 Å². The second-order valence-electron chi connectivity index (χ2n) is 8.43. The van der Waals surface area contributed by atoms with Crippen LogP contribution in [0.25, 0.3) is 5.70 Å². The summed E-state index contributed by atoms with van der Waals surface area (Å²) in [4.78, 5) is 28.2. The molecule has 1 atom stereocenters. The highest BCUT2D eigenvalue weighted by molar-refractivity contribution is 6.13. The maximum atomic E-state index is 13.2. The van der Waals surface area contributed by atoms with Crippen LogP contribution in [-0.2, 0) is 4.79 Å². The van der Waals surface area contributed by atoms with E-state index >= 15 is 0 Å². The molecule has 3 heteroatoms. The number of carbonyl (C=O) groups is 2. The molecule has 0 bridgehead atoms. The van der Waals surface area contributed by atoms with Crippen molar-refractivity contribution in [1.82, 2.24) is 4.90 Å². The van der Waals surface area contributed by atoms with Crippen LogP contribution in [0.1, 0.15) is 54.1 Å². The first-order valence-electron chi connectivity index (χ1n) is 9.43. The summed E-state index contributed by atoms with van der Waals surface area (Å²) in [7, 11) is 0. The number of Topliss-reactive ketones (excluding diaryl/α,β-unsaturated/α-hetero) is 1. The number of ketones is 1. The van der Waals surface area contributed by atoms with Crippen LogP contribution < -0.4 is 0 Å². The van der Waals surface area contributed by atoms with E-state index in [9.17, 15) is 9.59 Å². The Hall–Kier alpha value is -2.94. The maximum Gasteiger partial charge on any atom is 0.263 e. The lowest BCUT2D eigenvalue weighted by Gasteiger charge is -2.40. The van der Waals surface area contributed by atoms with Crippen molar-refractivity contribution in [3.8, 4) is 0 Å². The minimum atomic E-state index is -0.144. The summed E-state index contributed by atoms with van der Waals surface area (Å²) in [6.07, 6.45) is 3.36. The molecule has 2 heterocycles. The summed E-state index contributed by atoms with van der Waals surface area (Å²) in [6, 6.07) is 17.9. The molecule has 5 rings (SSSR count). The highest BCUT2D eigenvalue weighted by Crippen LogP contribution is 2.51. The molecular weight excluding hydrogens is 334 g/mol. The minimum absolute atomic E-state index is 0.0126. The van der Waals surface area contributed by atoms with Crippen LogP contribution in [0.2, 0.25) is 0 Å². The van der Waals surface area contributed by atoms with Crippen LogP contribution in [0.4, 0.5) is 0 Å². The first kappa shape index (κ1) is 16.2. The molecule has 0 aromatic heterocycles. The lowest BCUT2D eigenvalue weighted by molar-refractivity contribution is -0.118. The number of hydrogen-bond donors (Lipinski definition) is 0. The molecule has 2 aliphatic heterocycles. The molecule has 0 spiro atoms. The molecule has 1 amide bonds. The van der Waals surface area contributed by atoms with Crippen LogP contribution in [0.5, 0.6) is 0 Å². The van der Waals surface area contributed by atoms with Crippen molar-refractivity contribution in [2.45, 2.75) is 32.6 Å². The number of carbonyl (C=O) groups excluding carboxylic acids is 2. The molecule has 27 heavy (non-hydrogen) atoms. The average molecular weight is 355 g/mol. The van der Waals surface area contributed by atoms with E-state index in [-0.39, 0.29) is 23.0 Å². The number of amides is 1. The largest absolute Gasteiger partial charge is 0.294 e. The number of rotatable bonds is 1. The summed E-state index contributed by atoms with van der Waals surface area (Å²) < 4.78 is 0. The molecule has 3 nitrogen and oxygen atoms in total. The van der Waals surface area contributed by atoms with Gasteiger partial charge in [-0.15, -0.1) is 0 Å². The predicted octanol–water partition coefficient (Wildman–Crippen LogP) is 4.92. The third-order valence-corrected chi connectivity index (χ3v) is 5.84. The van der Waals surface area contributed by atoms with E-state index in [4.69, 9.17) is 0 Å². The third-order valence-electron chi connectivity index (χ3n) is 5.84. The Labute approximate surface area is 159 Å². The van der Waals surface area contributed by atoms with Crippen molar-refractivity contribution in [1.29, 1.82) is 0 Å². The Morgan fingerprint density at radius 1 is 0.889 bits per heavy atom. The molecule has 134 valence electrons. The normalized spacial score (nSPS) is 23.0. The molecule has 0 saturated heterocycles. The van der Waals surface area contributed by atoms with Gasteiger partial charge in [0, 0.05) is 34.7 Å². The van der Waals surface area contributed by atoms with Crippen LogP contribution in [-0.4, -0.2) is 16.6 Å². The quantitative estimate of drug-likeness (QED) is 0.728. The smallest absolute Gasteiger partial charge is 0.263 e. The van der Waals surface area contributed by atoms with E-state index in [2.05, 4.69) is 32.1 Å². The van der Waals surface area contributed by atoms with E-state index in [1.165, 1.54) is 0 Å². The zero-order valence-electron chi connectivity index (χ0n) is 15.5. The summed E-state index contributed by atoms with van der Waals surface area (Å²) in [6.45, 7) is 4.22. The van der Waals surface area contributed by atoms with E-state index in [0.29, 0.717) is 6.42 Å². The Balaban J connectivity index is 1.77. The number of hydrogen-bond acceptors (Lipinski definition) is 2. The monoisotopic (exact) mass is 355 g/mol. The molecule has 3 aliphatic rings. The van der Waals surface area contributed by atoms with Gasteiger partial charge in [-0.25, -0.2) is 0 Å². The highest BCUT2D eigenvalue weighted by atomic mass is 16.2. The first-order valence-corrected chi connectivity index (χ1v) is 9.43. The lowest BCUT2D eigenvalue weighted by Crippen LogP contribution is -2.38. The van der Waals surface area contributed by atoms with Gasteiger partial charge in [-0.05, 0) is 29.5 Å². The van der Waals surface area contributed by atoms with E-state index in [0.717, 1.165) is 40.1 Å². The van der Waals surface area contributed by atoms with E-state index < -0.39 is 0 Å². The third kappa shape index (κ3) is 2.34. The highest BCUT2D eigenvalue weighted by Gasteiger charge is 2.46. The summed E-state index contributed by atoms with van der Waals surface area (Å²) >= 11 is 0. The summed E-state index contributed by atoms with van der Waals surface area (Å²) in [5, 5.41) is 0.